The summed E-state index contributed by atoms with van der Waals surface area (Å²) in [6.07, 6.45) is -0.0164. The quantitative estimate of drug-likeness (QED) is 0.574. The molecule has 1 saturated heterocycles. The Labute approximate surface area is 119 Å². The van der Waals surface area contributed by atoms with Gasteiger partial charge in [-0.05, 0) is 12.2 Å². The number of thioether (sulfide) groups is 1. The van der Waals surface area contributed by atoms with Crippen LogP contribution in [-0.4, -0.2) is 64.6 Å². The van der Waals surface area contributed by atoms with Gasteiger partial charge in [-0.1, -0.05) is 26.2 Å². The number of unbranched alkanes of at least 4 members (excludes halogenated alkanes) is 3. The van der Waals surface area contributed by atoms with Crippen molar-refractivity contribution >= 4 is 11.8 Å². The van der Waals surface area contributed by atoms with Crippen LogP contribution in [0.5, 0.6) is 0 Å². The minimum Gasteiger partial charge on any atom is -0.388 e. The molecule has 0 unspecified atom stereocenters. The van der Waals surface area contributed by atoms with Gasteiger partial charge < -0.3 is 24.8 Å². The summed E-state index contributed by atoms with van der Waals surface area (Å²) in [4.78, 5) is 0. The van der Waals surface area contributed by atoms with Crippen LogP contribution in [0.2, 0.25) is 0 Å². The summed E-state index contributed by atoms with van der Waals surface area (Å²) >= 11 is 1.70. The van der Waals surface area contributed by atoms with Gasteiger partial charge in [-0.3, -0.25) is 0 Å². The smallest absolute Gasteiger partial charge is 0.186 e. The first-order chi connectivity index (χ1) is 9.11. The second kappa shape index (κ2) is 9.15. The summed E-state index contributed by atoms with van der Waals surface area (Å²) in [5, 5.41) is 29.2. The molecular formula is C13H26O5S. The third-order valence-corrected chi connectivity index (χ3v) is 4.47. The highest BCUT2D eigenvalue weighted by Gasteiger charge is 2.43. The highest BCUT2D eigenvalue weighted by Crippen LogP contribution is 2.24. The molecule has 0 bridgehead atoms. The molecule has 1 aliphatic heterocycles. The average Bonchev–Trinajstić information content (AvgIpc) is 2.42. The van der Waals surface area contributed by atoms with Gasteiger partial charge in [0, 0.05) is 12.9 Å². The summed E-state index contributed by atoms with van der Waals surface area (Å²) in [7, 11) is 1.41. The topological polar surface area (TPSA) is 79.2 Å². The van der Waals surface area contributed by atoms with Crippen molar-refractivity contribution < 1.29 is 24.8 Å². The van der Waals surface area contributed by atoms with Crippen molar-refractivity contribution in [1.29, 1.82) is 0 Å². The zero-order chi connectivity index (χ0) is 14.3. The number of aliphatic hydroxyl groups is 3. The van der Waals surface area contributed by atoms with E-state index in [2.05, 4.69) is 6.92 Å². The highest BCUT2D eigenvalue weighted by atomic mass is 32.2. The Hall–Kier alpha value is 0.150. The van der Waals surface area contributed by atoms with Crippen molar-refractivity contribution in [3.8, 4) is 0 Å². The normalized spacial score (nSPS) is 35.5. The molecule has 0 amide bonds. The third kappa shape index (κ3) is 5.21. The van der Waals surface area contributed by atoms with Gasteiger partial charge in [0.05, 0.1) is 6.10 Å². The second-order valence-corrected chi connectivity index (χ2v) is 6.04. The predicted molar refractivity (Wildman–Crippen MR) is 75.2 cm³/mol. The van der Waals surface area contributed by atoms with E-state index in [1.54, 1.807) is 11.8 Å². The fourth-order valence-corrected chi connectivity index (χ4v) is 3.16. The second-order valence-electron chi connectivity index (χ2n) is 4.89. The van der Waals surface area contributed by atoms with Crippen LogP contribution in [0.4, 0.5) is 0 Å². The van der Waals surface area contributed by atoms with Crippen LogP contribution in [-0.2, 0) is 9.47 Å². The maximum atomic E-state index is 9.86. The summed E-state index contributed by atoms with van der Waals surface area (Å²) in [6, 6.07) is 0. The average molecular weight is 294 g/mol. The van der Waals surface area contributed by atoms with Crippen LogP contribution in [0.1, 0.15) is 32.6 Å². The number of rotatable bonds is 8. The SMILES string of the molecule is CCCCCCSC[C@H]1O[C@H](OC)[C@@H](O)[C@@H](O)[C@@H]1O. The van der Waals surface area contributed by atoms with Gasteiger partial charge in [0.1, 0.15) is 18.3 Å². The molecule has 1 aliphatic rings. The number of hydrogen-bond acceptors (Lipinski definition) is 6. The largest absolute Gasteiger partial charge is 0.388 e. The first kappa shape index (κ1) is 17.2. The van der Waals surface area contributed by atoms with Gasteiger partial charge in [0.2, 0.25) is 0 Å². The van der Waals surface area contributed by atoms with Crippen LogP contribution >= 0.6 is 11.8 Å². The predicted octanol–water partition coefficient (Wildman–Crippen LogP) is 0.754. The maximum absolute atomic E-state index is 9.86. The Bertz CT molecular complexity index is 239. The number of ether oxygens (including phenoxy) is 2. The van der Waals surface area contributed by atoms with Crippen LogP contribution in [0.15, 0.2) is 0 Å². The lowest BCUT2D eigenvalue weighted by Crippen LogP contribution is -2.58. The minimum atomic E-state index is -1.22. The molecule has 1 fully saturated rings. The summed E-state index contributed by atoms with van der Waals surface area (Å²) in [6.45, 7) is 2.18. The Kier molecular flexibility index (Phi) is 8.29. The number of hydrogen-bond donors (Lipinski definition) is 3. The molecule has 5 nitrogen and oxygen atoms in total. The Balaban J connectivity index is 2.28. The van der Waals surface area contributed by atoms with Gasteiger partial charge in [0.25, 0.3) is 0 Å². The molecule has 0 aromatic rings. The molecule has 114 valence electrons. The number of methoxy groups -OCH3 is 1. The van der Waals surface area contributed by atoms with E-state index in [4.69, 9.17) is 9.47 Å². The lowest BCUT2D eigenvalue weighted by molar-refractivity contribution is -0.284. The van der Waals surface area contributed by atoms with Crippen molar-refractivity contribution in [3.05, 3.63) is 0 Å². The monoisotopic (exact) mass is 294 g/mol. The molecule has 0 aromatic carbocycles. The Morgan fingerprint density at radius 1 is 1.05 bits per heavy atom. The third-order valence-electron chi connectivity index (χ3n) is 3.33. The molecule has 5 atom stereocenters. The Morgan fingerprint density at radius 3 is 2.42 bits per heavy atom. The van der Waals surface area contributed by atoms with Gasteiger partial charge in [0.15, 0.2) is 6.29 Å². The Morgan fingerprint density at radius 2 is 1.79 bits per heavy atom. The molecule has 0 radical (unpaired) electrons. The first-order valence-corrected chi connectivity index (χ1v) is 8.07. The van der Waals surface area contributed by atoms with E-state index in [1.165, 1.54) is 26.4 Å². The van der Waals surface area contributed by atoms with Crippen LogP contribution in [0.25, 0.3) is 0 Å². The molecule has 0 spiro atoms. The summed E-state index contributed by atoms with van der Waals surface area (Å²) < 4.78 is 10.4. The molecule has 19 heavy (non-hydrogen) atoms. The molecular weight excluding hydrogens is 268 g/mol. The first-order valence-electron chi connectivity index (χ1n) is 6.92. The maximum Gasteiger partial charge on any atom is 0.186 e. The zero-order valence-corrected chi connectivity index (χ0v) is 12.5. The van der Waals surface area contributed by atoms with E-state index in [-0.39, 0.29) is 0 Å². The minimum absolute atomic E-state index is 0.500. The van der Waals surface area contributed by atoms with Crippen molar-refractivity contribution in [2.24, 2.45) is 0 Å². The van der Waals surface area contributed by atoms with Crippen molar-refractivity contribution in [1.82, 2.24) is 0 Å². The zero-order valence-electron chi connectivity index (χ0n) is 11.7. The molecule has 0 saturated carbocycles. The van der Waals surface area contributed by atoms with E-state index in [0.717, 1.165) is 12.2 Å². The lowest BCUT2D eigenvalue weighted by atomic mass is 10.00. The molecule has 0 aromatic heterocycles. The highest BCUT2D eigenvalue weighted by molar-refractivity contribution is 7.99. The molecule has 6 heteroatoms. The van der Waals surface area contributed by atoms with Crippen molar-refractivity contribution in [2.45, 2.75) is 63.3 Å². The summed E-state index contributed by atoms with van der Waals surface area (Å²) in [5.74, 6) is 1.61. The lowest BCUT2D eigenvalue weighted by Gasteiger charge is -2.39. The van der Waals surface area contributed by atoms with Crippen LogP contribution in [0.3, 0.4) is 0 Å². The number of aliphatic hydroxyl groups excluding tert-OH is 3. The van der Waals surface area contributed by atoms with E-state index in [9.17, 15) is 15.3 Å². The molecule has 0 aliphatic carbocycles. The van der Waals surface area contributed by atoms with E-state index in [1.807, 2.05) is 0 Å². The van der Waals surface area contributed by atoms with E-state index < -0.39 is 30.7 Å². The fourth-order valence-electron chi connectivity index (χ4n) is 2.08. The van der Waals surface area contributed by atoms with Crippen LogP contribution in [0, 0.1) is 0 Å². The molecule has 1 heterocycles. The van der Waals surface area contributed by atoms with E-state index in [0.29, 0.717) is 5.75 Å². The standard InChI is InChI=1S/C13H26O5S/c1-3-4-5-6-7-19-8-9-10(14)11(15)12(16)13(17-2)18-9/h9-16H,3-8H2,1-2H3/t9-,10-,11+,12+,13+/m1/s1. The molecule has 1 rings (SSSR count). The van der Waals surface area contributed by atoms with Gasteiger partial charge in [-0.25, -0.2) is 0 Å². The van der Waals surface area contributed by atoms with Crippen molar-refractivity contribution in [2.75, 3.05) is 18.6 Å². The van der Waals surface area contributed by atoms with Gasteiger partial charge >= 0.3 is 0 Å². The fraction of sp³-hybridized carbons (Fsp3) is 1.00. The van der Waals surface area contributed by atoms with Gasteiger partial charge in [-0.15, -0.1) is 0 Å². The van der Waals surface area contributed by atoms with E-state index >= 15 is 0 Å². The summed E-state index contributed by atoms with van der Waals surface area (Å²) in [5.41, 5.74) is 0. The van der Waals surface area contributed by atoms with Crippen molar-refractivity contribution in [3.63, 3.8) is 0 Å². The van der Waals surface area contributed by atoms with Gasteiger partial charge in [-0.2, -0.15) is 11.8 Å². The molecule has 3 N–H and O–H groups in total. The van der Waals surface area contributed by atoms with Crippen LogP contribution < -0.4 is 0 Å².